The Hall–Kier alpha value is -1.16. The lowest BCUT2D eigenvalue weighted by atomic mass is 9.56. The van der Waals surface area contributed by atoms with E-state index in [0.29, 0.717) is 6.42 Å². The van der Waals surface area contributed by atoms with Crippen molar-refractivity contribution in [3.63, 3.8) is 0 Å². The molecule has 2 fully saturated rings. The lowest BCUT2D eigenvalue weighted by Crippen LogP contribution is -2.53. The van der Waals surface area contributed by atoms with E-state index in [1.807, 2.05) is 20.8 Å². The molecule has 0 spiro atoms. The van der Waals surface area contributed by atoms with Crippen LogP contribution in [-0.4, -0.2) is 28.6 Å². The van der Waals surface area contributed by atoms with Gasteiger partial charge in [0.25, 0.3) is 0 Å². The van der Waals surface area contributed by atoms with Crippen molar-refractivity contribution in [3.8, 4) is 0 Å². The standard InChI is InChI=1S/C17H24O4/c1-8-6-11(19)13-14-12(8)9(2)7-17(13,20)15(16(14,4)5)21-10(3)18/h7-8,12-15,20H,6H2,1-5H3/t8-,12-,13-,14+,15+,17?/m1/s1. The Balaban J connectivity index is 2.19. The van der Waals surface area contributed by atoms with Crippen LogP contribution in [0.15, 0.2) is 11.6 Å². The van der Waals surface area contributed by atoms with Crippen LogP contribution in [0.3, 0.4) is 0 Å². The third-order valence-electron chi connectivity index (χ3n) is 5.95. The number of ketones is 1. The molecule has 0 heterocycles. The summed E-state index contributed by atoms with van der Waals surface area (Å²) in [7, 11) is 0. The first-order chi connectivity index (χ1) is 9.60. The van der Waals surface area contributed by atoms with Crippen LogP contribution in [0.2, 0.25) is 0 Å². The minimum Gasteiger partial charge on any atom is -0.459 e. The molecule has 3 aliphatic rings. The van der Waals surface area contributed by atoms with E-state index in [2.05, 4.69) is 6.92 Å². The maximum Gasteiger partial charge on any atom is 0.303 e. The number of Topliss-reactive ketones (excluding diaryl/α,β-unsaturated/α-hetero) is 1. The first-order valence-corrected chi connectivity index (χ1v) is 7.72. The van der Waals surface area contributed by atoms with Crippen molar-refractivity contribution < 1.29 is 19.4 Å². The molecular formula is C17H24O4. The second-order valence-electron chi connectivity index (χ2n) is 7.76. The van der Waals surface area contributed by atoms with Gasteiger partial charge < -0.3 is 9.84 Å². The average molecular weight is 292 g/mol. The van der Waals surface area contributed by atoms with Crippen LogP contribution in [0.25, 0.3) is 0 Å². The van der Waals surface area contributed by atoms with Crippen molar-refractivity contribution in [2.75, 3.05) is 0 Å². The van der Waals surface area contributed by atoms with Gasteiger partial charge in [0.2, 0.25) is 0 Å². The molecule has 4 bridgehead atoms. The monoisotopic (exact) mass is 292 g/mol. The summed E-state index contributed by atoms with van der Waals surface area (Å²) in [6.45, 7) is 9.52. The van der Waals surface area contributed by atoms with Crippen LogP contribution in [0.4, 0.5) is 0 Å². The van der Waals surface area contributed by atoms with Gasteiger partial charge >= 0.3 is 5.97 Å². The van der Waals surface area contributed by atoms with Crippen molar-refractivity contribution in [2.24, 2.45) is 29.1 Å². The van der Waals surface area contributed by atoms with E-state index in [1.54, 1.807) is 6.08 Å². The molecule has 21 heavy (non-hydrogen) atoms. The van der Waals surface area contributed by atoms with Crippen molar-refractivity contribution in [3.05, 3.63) is 11.6 Å². The highest BCUT2D eigenvalue weighted by molar-refractivity contribution is 5.86. The third kappa shape index (κ3) is 1.71. The zero-order chi connectivity index (χ0) is 15.7. The van der Waals surface area contributed by atoms with E-state index in [-0.39, 0.29) is 23.5 Å². The second kappa shape index (κ2) is 4.19. The van der Waals surface area contributed by atoms with E-state index >= 15 is 0 Å². The van der Waals surface area contributed by atoms with Crippen LogP contribution < -0.4 is 0 Å². The first kappa shape index (κ1) is 14.8. The molecule has 1 N–H and O–H groups in total. The van der Waals surface area contributed by atoms with Crippen molar-refractivity contribution in [1.29, 1.82) is 0 Å². The Morgan fingerprint density at radius 1 is 1.43 bits per heavy atom. The average Bonchev–Trinajstić information content (AvgIpc) is 2.44. The maximum absolute atomic E-state index is 12.6. The number of allylic oxidation sites excluding steroid dienone is 1. The molecule has 0 amide bonds. The zero-order valence-electron chi connectivity index (χ0n) is 13.3. The van der Waals surface area contributed by atoms with Gasteiger partial charge in [-0.2, -0.15) is 0 Å². The summed E-state index contributed by atoms with van der Waals surface area (Å²) in [5.74, 6) is -0.152. The molecule has 0 aromatic carbocycles. The van der Waals surface area contributed by atoms with Gasteiger partial charge in [0, 0.05) is 18.8 Å². The fourth-order valence-corrected chi connectivity index (χ4v) is 5.48. The van der Waals surface area contributed by atoms with E-state index in [9.17, 15) is 14.7 Å². The van der Waals surface area contributed by atoms with E-state index < -0.39 is 29.0 Å². The summed E-state index contributed by atoms with van der Waals surface area (Å²) < 4.78 is 5.50. The van der Waals surface area contributed by atoms with E-state index in [0.717, 1.165) is 5.57 Å². The molecule has 0 aromatic heterocycles. The summed E-state index contributed by atoms with van der Waals surface area (Å²) in [5, 5.41) is 11.2. The molecule has 116 valence electrons. The Labute approximate surface area is 125 Å². The molecular weight excluding hydrogens is 268 g/mol. The van der Waals surface area contributed by atoms with Crippen molar-refractivity contribution in [2.45, 2.75) is 52.7 Å². The molecule has 3 rings (SSSR count). The Kier molecular flexibility index (Phi) is 2.94. The molecule has 1 unspecified atom stereocenters. The molecule has 2 saturated carbocycles. The molecule has 6 atom stereocenters. The third-order valence-corrected chi connectivity index (χ3v) is 5.95. The number of aliphatic hydroxyl groups is 1. The van der Waals surface area contributed by atoms with Gasteiger partial charge in [-0.1, -0.05) is 26.3 Å². The molecule has 3 aliphatic carbocycles. The number of carbonyl (C=O) groups is 2. The highest BCUT2D eigenvalue weighted by Gasteiger charge is 2.72. The van der Waals surface area contributed by atoms with Gasteiger partial charge in [-0.25, -0.2) is 0 Å². The maximum atomic E-state index is 12.6. The Morgan fingerprint density at radius 3 is 2.62 bits per heavy atom. The first-order valence-electron chi connectivity index (χ1n) is 7.72. The quantitative estimate of drug-likeness (QED) is 0.594. The minimum absolute atomic E-state index is 0.0353. The largest absolute Gasteiger partial charge is 0.459 e. The summed E-state index contributed by atoms with van der Waals surface area (Å²) in [6, 6.07) is 0. The summed E-state index contributed by atoms with van der Waals surface area (Å²) in [5.41, 5.74) is -0.645. The number of ether oxygens (including phenoxy) is 1. The van der Waals surface area contributed by atoms with Crippen molar-refractivity contribution >= 4 is 11.8 Å². The van der Waals surface area contributed by atoms with E-state index in [1.165, 1.54) is 6.92 Å². The molecule has 4 nitrogen and oxygen atoms in total. The van der Waals surface area contributed by atoms with Crippen LogP contribution in [0.5, 0.6) is 0 Å². The summed E-state index contributed by atoms with van der Waals surface area (Å²) in [6.07, 6.45) is 1.64. The molecule has 4 heteroatoms. The van der Waals surface area contributed by atoms with Crippen LogP contribution in [0.1, 0.15) is 41.0 Å². The topological polar surface area (TPSA) is 63.6 Å². The van der Waals surface area contributed by atoms with Gasteiger partial charge in [0.05, 0.1) is 5.92 Å². The summed E-state index contributed by atoms with van der Waals surface area (Å²) >= 11 is 0. The van der Waals surface area contributed by atoms with Crippen LogP contribution in [-0.2, 0) is 14.3 Å². The van der Waals surface area contributed by atoms with Gasteiger partial charge in [-0.15, -0.1) is 0 Å². The van der Waals surface area contributed by atoms with E-state index in [4.69, 9.17) is 4.74 Å². The fraction of sp³-hybridized carbons (Fsp3) is 0.765. The number of hydrogen-bond acceptors (Lipinski definition) is 4. The van der Waals surface area contributed by atoms with Crippen LogP contribution in [0, 0.1) is 29.1 Å². The van der Waals surface area contributed by atoms with Gasteiger partial charge in [0.15, 0.2) is 0 Å². The molecule has 0 aliphatic heterocycles. The predicted molar refractivity (Wildman–Crippen MR) is 77.3 cm³/mol. The number of esters is 1. The number of hydrogen-bond donors (Lipinski definition) is 1. The zero-order valence-corrected chi connectivity index (χ0v) is 13.3. The predicted octanol–water partition coefficient (Wildman–Crippen LogP) is 2.11. The Morgan fingerprint density at radius 2 is 2.05 bits per heavy atom. The van der Waals surface area contributed by atoms with Crippen molar-refractivity contribution in [1.82, 2.24) is 0 Å². The molecule has 0 aromatic rings. The highest BCUT2D eigenvalue weighted by Crippen LogP contribution is 2.65. The van der Waals surface area contributed by atoms with Gasteiger partial charge in [-0.3, -0.25) is 9.59 Å². The van der Waals surface area contributed by atoms with Gasteiger partial charge in [0.1, 0.15) is 17.5 Å². The smallest absolute Gasteiger partial charge is 0.303 e. The minimum atomic E-state index is -1.35. The van der Waals surface area contributed by atoms with Crippen LogP contribution >= 0.6 is 0 Å². The second-order valence-corrected chi connectivity index (χ2v) is 7.76. The molecule has 0 radical (unpaired) electrons. The molecule has 0 saturated heterocycles. The number of carbonyl (C=O) groups excluding carboxylic acids is 2. The number of rotatable bonds is 1. The SMILES string of the molecule is CC(=O)O[C@H]1C(C)(C)[C@H]2[C@H]3C(C)=CC1(O)[C@@H]2C(=O)C[C@H]3C. The fourth-order valence-electron chi connectivity index (χ4n) is 5.48. The van der Waals surface area contributed by atoms with Gasteiger partial charge in [-0.05, 0) is 30.8 Å². The summed E-state index contributed by atoms with van der Waals surface area (Å²) in [4.78, 5) is 24.1. The normalized spacial score (nSPS) is 47.0. The Bertz CT molecular complexity index is 547. The lowest BCUT2D eigenvalue weighted by Gasteiger charge is -2.47. The lowest BCUT2D eigenvalue weighted by molar-refractivity contribution is -0.166. The highest BCUT2D eigenvalue weighted by atomic mass is 16.6.